The maximum absolute atomic E-state index is 12.4. The quantitative estimate of drug-likeness (QED) is 0.698. The molecule has 148 valence electrons. The van der Waals surface area contributed by atoms with Crippen LogP contribution in [-0.4, -0.2) is 55.4 Å². The number of piperidine rings is 1. The summed E-state index contributed by atoms with van der Waals surface area (Å²) in [7, 11) is 0. The number of carbonyl (C=O) groups is 1. The maximum atomic E-state index is 12.4. The number of hydrogen-bond donors (Lipinski definition) is 1. The van der Waals surface area contributed by atoms with Gasteiger partial charge in [-0.1, -0.05) is 0 Å². The average Bonchev–Trinajstić information content (AvgIpc) is 2.78. The zero-order valence-corrected chi connectivity index (χ0v) is 15.7. The number of aromatic amines is 1. The fraction of sp³-hybridized carbons (Fsp3) is 0.300. The van der Waals surface area contributed by atoms with Gasteiger partial charge in [-0.2, -0.15) is 0 Å². The molecule has 1 amide bonds. The average molecular weight is 392 g/mol. The Bertz CT molecular complexity index is 1020. The van der Waals surface area contributed by atoms with E-state index >= 15 is 0 Å². The van der Waals surface area contributed by atoms with Crippen LogP contribution < -0.4 is 10.3 Å². The third-order valence-corrected chi connectivity index (χ3v) is 4.83. The summed E-state index contributed by atoms with van der Waals surface area (Å²) in [6.07, 6.45) is 9.37. The summed E-state index contributed by atoms with van der Waals surface area (Å²) in [5.74, 6) is 1.02. The molecule has 0 saturated carbocycles. The fourth-order valence-electron chi connectivity index (χ4n) is 3.32. The summed E-state index contributed by atoms with van der Waals surface area (Å²) in [5, 5.41) is 0. The highest BCUT2D eigenvalue weighted by molar-refractivity contribution is 5.77. The third kappa shape index (κ3) is 4.63. The van der Waals surface area contributed by atoms with Crippen LogP contribution >= 0.6 is 0 Å². The van der Waals surface area contributed by atoms with E-state index < -0.39 is 0 Å². The van der Waals surface area contributed by atoms with Crippen LogP contribution in [0.3, 0.4) is 0 Å². The fourth-order valence-corrected chi connectivity index (χ4v) is 3.32. The highest BCUT2D eigenvalue weighted by Gasteiger charge is 2.25. The minimum atomic E-state index is -0.223. The van der Waals surface area contributed by atoms with E-state index in [4.69, 9.17) is 4.74 Å². The van der Waals surface area contributed by atoms with E-state index in [1.54, 1.807) is 48.0 Å². The van der Waals surface area contributed by atoms with Crippen molar-refractivity contribution >= 4 is 5.91 Å². The van der Waals surface area contributed by atoms with Gasteiger partial charge in [0.2, 0.25) is 0 Å². The van der Waals surface area contributed by atoms with Crippen LogP contribution in [0.15, 0.2) is 54.0 Å². The molecule has 1 fully saturated rings. The molecule has 3 aromatic heterocycles. The van der Waals surface area contributed by atoms with Crippen LogP contribution in [0.1, 0.15) is 24.5 Å². The number of aromatic nitrogens is 5. The lowest BCUT2D eigenvalue weighted by atomic mass is 9.93. The predicted octanol–water partition coefficient (Wildman–Crippen LogP) is 1.41. The molecule has 4 heterocycles. The van der Waals surface area contributed by atoms with Crippen LogP contribution in [-0.2, 0) is 4.79 Å². The first-order chi connectivity index (χ1) is 14.2. The minimum Gasteiger partial charge on any atom is -0.482 e. The molecule has 0 bridgehead atoms. The molecule has 1 saturated heterocycles. The van der Waals surface area contributed by atoms with E-state index in [0.29, 0.717) is 36.1 Å². The molecule has 0 aromatic carbocycles. The van der Waals surface area contributed by atoms with Gasteiger partial charge in [-0.05, 0) is 25.0 Å². The number of H-pyrrole nitrogens is 1. The van der Waals surface area contributed by atoms with Crippen molar-refractivity contribution in [3.63, 3.8) is 0 Å². The van der Waals surface area contributed by atoms with Crippen LogP contribution in [0.4, 0.5) is 0 Å². The molecule has 9 nitrogen and oxygen atoms in total. The number of nitrogens with one attached hydrogen (secondary N) is 1. The van der Waals surface area contributed by atoms with Crippen molar-refractivity contribution in [2.45, 2.75) is 18.8 Å². The Labute approximate surface area is 166 Å². The van der Waals surface area contributed by atoms with Gasteiger partial charge in [-0.15, -0.1) is 0 Å². The first-order valence-electron chi connectivity index (χ1n) is 9.37. The van der Waals surface area contributed by atoms with Gasteiger partial charge in [-0.3, -0.25) is 19.6 Å². The molecule has 1 N–H and O–H groups in total. The summed E-state index contributed by atoms with van der Waals surface area (Å²) in [6.45, 7) is 1.17. The van der Waals surface area contributed by atoms with E-state index in [1.165, 1.54) is 6.07 Å². The largest absolute Gasteiger partial charge is 0.482 e. The zero-order valence-electron chi connectivity index (χ0n) is 15.7. The van der Waals surface area contributed by atoms with Crippen LogP contribution in [0, 0.1) is 0 Å². The molecule has 0 aliphatic carbocycles. The Balaban J connectivity index is 1.38. The predicted molar refractivity (Wildman–Crippen MR) is 104 cm³/mol. The Morgan fingerprint density at radius 1 is 1.17 bits per heavy atom. The number of ether oxygens (including phenoxy) is 1. The van der Waals surface area contributed by atoms with Crippen molar-refractivity contribution in [2.24, 2.45) is 0 Å². The molecule has 3 aromatic rings. The molecule has 0 atom stereocenters. The number of carbonyl (C=O) groups excluding carboxylic acids is 1. The van der Waals surface area contributed by atoms with Crippen LogP contribution in [0.2, 0.25) is 0 Å². The number of rotatable bonds is 5. The summed E-state index contributed by atoms with van der Waals surface area (Å²) in [6, 6.07) is 5.04. The minimum absolute atomic E-state index is 0.0174. The monoisotopic (exact) mass is 392 g/mol. The lowest BCUT2D eigenvalue weighted by molar-refractivity contribution is -0.134. The van der Waals surface area contributed by atoms with Crippen molar-refractivity contribution in [1.82, 2.24) is 29.8 Å². The van der Waals surface area contributed by atoms with E-state index in [0.717, 1.165) is 12.8 Å². The van der Waals surface area contributed by atoms with Gasteiger partial charge in [0, 0.05) is 43.7 Å². The molecule has 0 spiro atoms. The van der Waals surface area contributed by atoms with Gasteiger partial charge in [0.1, 0.15) is 11.4 Å². The number of nitrogens with zero attached hydrogens (tertiary/aromatic N) is 5. The number of amides is 1. The number of pyridine rings is 1. The molecule has 0 unspecified atom stereocenters. The topological polar surface area (TPSA) is 114 Å². The smallest absolute Gasteiger partial charge is 0.260 e. The van der Waals surface area contributed by atoms with Crippen molar-refractivity contribution in [1.29, 1.82) is 0 Å². The first kappa shape index (κ1) is 18.7. The Kier molecular flexibility index (Phi) is 5.55. The first-order valence-corrected chi connectivity index (χ1v) is 9.37. The zero-order chi connectivity index (χ0) is 20.1. The lowest BCUT2D eigenvalue weighted by Crippen LogP contribution is -2.40. The van der Waals surface area contributed by atoms with E-state index in [9.17, 15) is 9.59 Å². The lowest BCUT2D eigenvalue weighted by Gasteiger charge is -2.31. The molecule has 1 aliphatic rings. The van der Waals surface area contributed by atoms with Gasteiger partial charge >= 0.3 is 0 Å². The summed E-state index contributed by atoms with van der Waals surface area (Å²) < 4.78 is 5.49. The number of likely N-dealkylation sites (tertiary alicyclic amines) is 1. The van der Waals surface area contributed by atoms with Crippen LogP contribution in [0.5, 0.6) is 5.75 Å². The molecule has 4 rings (SSSR count). The number of hydrogen-bond acceptors (Lipinski definition) is 7. The second kappa shape index (κ2) is 8.59. The third-order valence-electron chi connectivity index (χ3n) is 4.83. The highest BCUT2D eigenvalue weighted by atomic mass is 16.5. The molecule has 1 aliphatic heterocycles. The summed E-state index contributed by atoms with van der Waals surface area (Å²) in [5.41, 5.74) is 1.01. The molecular formula is C20H20N6O3. The van der Waals surface area contributed by atoms with Crippen molar-refractivity contribution in [3.05, 3.63) is 65.2 Å². The molecular weight excluding hydrogens is 372 g/mol. The Morgan fingerprint density at radius 2 is 2.00 bits per heavy atom. The highest BCUT2D eigenvalue weighted by Crippen LogP contribution is 2.27. The van der Waals surface area contributed by atoms with Gasteiger partial charge in [0.05, 0.1) is 18.1 Å². The van der Waals surface area contributed by atoms with Crippen LogP contribution in [0.25, 0.3) is 11.5 Å². The normalized spacial score (nSPS) is 14.6. The van der Waals surface area contributed by atoms with Gasteiger partial charge in [0.25, 0.3) is 11.5 Å². The SMILES string of the molecule is O=C(COc1cccnc1)N1CCC(c2cc(=O)[nH]c(-c3cnccn3)n2)CC1. The Hall–Kier alpha value is -3.62. The van der Waals surface area contributed by atoms with Crippen molar-refractivity contribution in [2.75, 3.05) is 19.7 Å². The maximum Gasteiger partial charge on any atom is 0.260 e. The van der Waals surface area contributed by atoms with Crippen molar-refractivity contribution in [3.8, 4) is 17.3 Å². The van der Waals surface area contributed by atoms with Crippen molar-refractivity contribution < 1.29 is 9.53 Å². The summed E-state index contributed by atoms with van der Waals surface area (Å²) >= 11 is 0. The Morgan fingerprint density at radius 3 is 2.72 bits per heavy atom. The second-order valence-electron chi connectivity index (χ2n) is 6.74. The van der Waals surface area contributed by atoms with Gasteiger partial charge in [-0.25, -0.2) is 9.97 Å². The molecule has 29 heavy (non-hydrogen) atoms. The molecule has 0 radical (unpaired) electrons. The summed E-state index contributed by atoms with van der Waals surface area (Å²) in [4.78, 5) is 45.7. The van der Waals surface area contributed by atoms with E-state index in [-0.39, 0.29) is 24.0 Å². The van der Waals surface area contributed by atoms with E-state index in [2.05, 4.69) is 24.9 Å². The van der Waals surface area contributed by atoms with Gasteiger partial charge < -0.3 is 14.6 Å². The van der Waals surface area contributed by atoms with Gasteiger partial charge in [0.15, 0.2) is 12.4 Å². The van der Waals surface area contributed by atoms with E-state index in [1.807, 2.05) is 0 Å². The molecule has 9 heteroatoms. The second-order valence-corrected chi connectivity index (χ2v) is 6.74. The standard InChI is InChI=1S/C20H20N6O3/c27-18-10-16(24-20(25-18)17-12-22-6-7-23-17)14-3-8-26(9-4-14)19(28)13-29-15-2-1-5-21-11-15/h1-2,5-7,10-12,14H,3-4,8-9,13H2,(H,24,25,27).